The van der Waals surface area contributed by atoms with Crippen molar-refractivity contribution in [1.29, 1.82) is 0 Å². The van der Waals surface area contributed by atoms with Crippen LogP contribution in [0.4, 0.5) is 0 Å². The minimum Gasteiger partial charge on any atom is -0.481 e. The van der Waals surface area contributed by atoms with Gasteiger partial charge in [-0.05, 0) is 24.5 Å². The van der Waals surface area contributed by atoms with Gasteiger partial charge in [-0.2, -0.15) is 5.10 Å². The largest absolute Gasteiger partial charge is 0.481 e. The second kappa shape index (κ2) is 7.31. The van der Waals surface area contributed by atoms with E-state index in [4.69, 9.17) is 0 Å². The number of H-pyrrole nitrogens is 1. The Morgan fingerprint density at radius 3 is 2.18 bits per heavy atom. The monoisotopic (exact) mass is 375 g/mol. The molecule has 0 aliphatic carbocycles. The number of piperidine rings is 1. The van der Waals surface area contributed by atoms with Crippen molar-refractivity contribution in [1.82, 2.24) is 15.1 Å². The molecule has 1 aliphatic rings. The molecule has 0 saturated carbocycles. The van der Waals surface area contributed by atoms with Crippen LogP contribution in [-0.4, -0.2) is 45.2 Å². The Labute approximate surface area is 162 Å². The molecular weight excluding hydrogens is 354 g/mol. The van der Waals surface area contributed by atoms with E-state index in [0.29, 0.717) is 37.3 Å². The first-order chi connectivity index (χ1) is 13.6. The number of amides is 1. The average molecular weight is 375 g/mol. The van der Waals surface area contributed by atoms with E-state index >= 15 is 0 Å². The highest BCUT2D eigenvalue weighted by Gasteiger charge is 2.44. The van der Waals surface area contributed by atoms with Crippen LogP contribution in [0.5, 0.6) is 0 Å². The number of carboxylic acid groups (broad SMARTS) is 1. The van der Waals surface area contributed by atoms with Crippen LogP contribution in [0.3, 0.4) is 0 Å². The van der Waals surface area contributed by atoms with Gasteiger partial charge < -0.3 is 10.0 Å². The molecule has 2 aromatic carbocycles. The third-order valence-electron chi connectivity index (χ3n) is 5.52. The van der Waals surface area contributed by atoms with E-state index < -0.39 is 11.4 Å². The zero-order chi connectivity index (χ0) is 19.6. The summed E-state index contributed by atoms with van der Waals surface area (Å²) in [5.41, 5.74) is 1.92. The van der Waals surface area contributed by atoms with Crippen LogP contribution in [0, 0.1) is 0 Å². The number of likely N-dealkylation sites (tertiary alicyclic amines) is 1. The predicted molar refractivity (Wildman–Crippen MR) is 105 cm³/mol. The van der Waals surface area contributed by atoms with Gasteiger partial charge in [0, 0.05) is 18.7 Å². The van der Waals surface area contributed by atoms with Crippen molar-refractivity contribution in [2.75, 3.05) is 13.1 Å². The lowest BCUT2D eigenvalue weighted by molar-refractivity contribution is -0.145. The molecule has 142 valence electrons. The predicted octanol–water partition coefficient (Wildman–Crippen LogP) is 3.34. The highest BCUT2D eigenvalue weighted by Crippen LogP contribution is 2.36. The number of nitrogens with one attached hydrogen (secondary N) is 1. The normalized spacial score (nSPS) is 15.9. The molecule has 0 atom stereocenters. The van der Waals surface area contributed by atoms with Gasteiger partial charge in [-0.15, -0.1) is 0 Å². The maximum Gasteiger partial charge on any atom is 0.314 e. The fraction of sp³-hybridized carbons (Fsp3) is 0.227. The Bertz CT molecular complexity index is 975. The lowest BCUT2D eigenvalue weighted by Gasteiger charge is -2.39. The van der Waals surface area contributed by atoms with Gasteiger partial charge in [-0.25, -0.2) is 0 Å². The summed E-state index contributed by atoms with van der Waals surface area (Å²) in [6, 6.07) is 20.7. The summed E-state index contributed by atoms with van der Waals surface area (Å²) < 4.78 is 0. The Balaban J connectivity index is 1.50. The summed E-state index contributed by atoms with van der Waals surface area (Å²) in [4.78, 5) is 26.6. The van der Waals surface area contributed by atoms with Crippen molar-refractivity contribution >= 4 is 11.9 Å². The SMILES string of the molecule is O=C(c1cc(-c2ccccc2)n[nH]1)N1CCC(C(=O)O)(c2ccccc2)CC1. The summed E-state index contributed by atoms with van der Waals surface area (Å²) in [5.74, 6) is -0.986. The molecule has 28 heavy (non-hydrogen) atoms. The molecule has 1 saturated heterocycles. The lowest BCUT2D eigenvalue weighted by Crippen LogP contribution is -2.49. The number of carboxylic acids is 1. The highest BCUT2D eigenvalue weighted by atomic mass is 16.4. The Morgan fingerprint density at radius 2 is 1.57 bits per heavy atom. The first-order valence-corrected chi connectivity index (χ1v) is 9.29. The molecule has 2 heterocycles. The molecular formula is C22H21N3O3. The number of hydrogen-bond donors (Lipinski definition) is 2. The summed E-state index contributed by atoms with van der Waals surface area (Å²) in [6.07, 6.45) is 0.773. The van der Waals surface area contributed by atoms with E-state index in [1.807, 2.05) is 60.7 Å². The summed E-state index contributed by atoms with van der Waals surface area (Å²) in [6.45, 7) is 0.777. The standard InChI is InChI=1S/C22H21N3O3/c26-20(19-15-18(23-24-19)16-7-3-1-4-8-16)25-13-11-22(12-14-25,21(27)28)17-9-5-2-6-10-17/h1-10,15H,11-14H2,(H,23,24)(H,27,28). The van der Waals surface area contributed by atoms with E-state index in [2.05, 4.69) is 10.2 Å². The third-order valence-corrected chi connectivity index (χ3v) is 5.52. The van der Waals surface area contributed by atoms with Crippen molar-refractivity contribution in [2.24, 2.45) is 0 Å². The van der Waals surface area contributed by atoms with Crippen LogP contribution in [0.2, 0.25) is 0 Å². The van der Waals surface area contributed by atoms with Gasteiger partial charge in [0.25, 0.3) is 5.91 Å². The Morgan fingerprint density at radius 1 is 0.964 bits per heavy atom. The van der Waals surface area contributed by atoms with Crippen molar-refractivity contribution in [3.63, 3.8) is 0 Å². The fourth-order valence-electron chi connectivity index (χ4n) is 3.83. The van der Waals surface area contributed by atoms with E-state index in [9.17, 15) is 14.7 Å². The number of nitrogens with zero attached hydrogens (tertiary/aromatic N) is 2. The molecule has 0 bridgehead atoms. The lowest BCUT2D eigenvalue weighted by atomic mass is 9.73. The van der Waals surface area contributed by atoms with E-state index in [1.54, 1.807) is 11.0 Å². The van der Waals surface area contributed by atoms with Gasteiger partial charge in [0.1, 0.15) is 5.69 Å². The van der Waals surface area contributed by atoms with Crippen molar-refractivity contribution in [2.45, 2.75) is 18.3 Å². The van der Waals surface area contributed by atoms with Gasteiger partial charge in [0.05, 0.1) is 11.1 Å². The van der Waals surface area contributed by atoms with Gasteiger partial charge >= 0.3 is 5.97 Å². The zero-order valence-electron chi connectivity index (χ0n) is 15.3. The van der Waals surface area contributed by atoms with Gasteiger partial charge in [-0.3, -0.25) is 14.7 Å². The molecule has 0 unspecified atom stereocenters. The second-order valence-electron chi connectivity index (χ2n) is 7.08. The Hall–Kier alpha value is -3.41. The average Bonchev–Trinajstić information content (AvgIpc) is 3.25. The van der Waals surface area contributed by atoms with Crippen LogP contribution in [0.1, 0.15) is 28.9 Å². The molecule has 4 rings (SSSR count). The van der Waals surface area contributed by atoms with Gasteiger partial charge in [-0.1, -0.05) is 60.7 Å². The molecule has 3 aromatic rings. The first-order valence-electron chi connectivity index (χ1n) is 9.29. The Kier molecular flexibility index (Phi) is 4.69. The third kappa shape index (κ3) is 3.17. The number of aliphatic carboxylic acids is 1. The number of benzene rings is 2. The number of aromatic amines is 1. The van der Waals surface area contributed by atoms with Crippen LogP contribution in [-0.2, 0) is 10.2 Å². The van der Waals surface area contributed by atoms with Gasteiger partial charge in [0.2, 0.25) is 0 Å². The van der Waals surface area contributed by atoms with Crippen LogP contribution < -0.4 is 0 Å². The highest BCUT2D eigenvalue weighted by molar-refractivity contribution is 5.94. The van der Waals surface area contributed by atoms with Crippen LogP contribution in [0.15, 0.2) is 66.7 Å². The van der Waals surface area contributed by atoms with E-state index in [-0.39, 0.29) is 5.91 Å². The molecule has 2 N–H and O–H groups in total. The summed E-state index contributed by atoms with van der Waals surface area (Å²) in [7, 11) is 0. The first kappa shape index (κ1) is 18.0. The maximum atomic E-state index is 12.9. The smallest absolute Gasteiger partial charge is 0.314 e. The van der Waals surface area contributed by atoms with Crippen LogP contribution >= 0.6 is 0 Å². The number of carbonyl (C=O) groups excluding carboxylic acids is 1. The van der Waals surface area contributed by atoms with E-state index in [1.165, 1.54) is 0 Å². The topological polar surface area (TPSA) is 86.3 Å². The van der Waals surface area contributed by atoms with Gasteiger partial charge in [0.15, 0.2) is 0 Å². The van der Waals surface area contributed by atoms with Crippen molar-refractivity contribution < 1.29 is 14.7 Å². The number of carbonyl (C=O) groups is 2. The number of rotatable bonds is 4. The number of hydrogen-bond acceptors (Lipinski definition) is 3. The molecule has 6 heteroatoms. The minimum atomic E-state index is -0.943. The molecule has 1 aromatic heterocycles. The maximum absolute atomic E-state index is 12.9. The minimum absolute atomic E-state index is 0.151. The second-order valence-corrected chi connectivity index (χ2v) is 7.08. The molecule has 1 fully saturated rings. The summed E-state index contributed by atoms with van der Waals surface area (Å²) in [5, 5.41) is 17.0. The molecule has 0 spiro atoms. The fourth-order valence-corrected chi connectivity index (χ4v) is 3.83. The quantitative estimate of drug-likeness (QED) is 0.732. The zero-order valence-corrected chi connectivity index (χ0v) is 15.3. The molecule has 6 nitrogen and oxygen atoms in total. The van der Waals surface area contributed by atoms with Crippen molar-refractivity contribution in [3.8, 4) is 11.3 Å². The van der Waals surface area contributed by atoms with Crippen molar-refractivity contribution in [3.05, 3.63) is 78.0 Å². The molecule has 0 radical (unpaired) electrons. The number of aromatic nitrogens is 2. The molecule has 1 amide bonds. The van der Waals surface area contributed by atoms with E-state index in [0.717, 1.165) is 11.1 Å². The van der Waals surface area contributed by atoms with Crippen LogP contribution in [0.25, 0.3) is 11.3 Å². The summed E-state index contributed by atoms with van der Waals surface area (Å²) >= 11 is 0. The molecule has 1 aliphatic heterocycles.